The molecular weight excluding hydrogens is 126 g/mol. The molecule has 0 saturated carbocycles. The zero-order valence-electron chi connectivity index (χ0n) is 5.62. The number of hydrogen-bond acceptors (Lipinski definition) is 3. The Morgan fingerprint density at radius 2 is 2.50 bits per heavy atom. The molecule has 1 fully saturated rings. The van der Waals surface area contributed by atoms with Gasteiger partial charge in [0.15, 0.2) is 0 Å². The van der Waals surface area contributed by atoms with E-state index in [0.29, 0.717) is 6.04 Å². The van der Waals surface area contributed by atoms with Gasteiger partial charge in [0, 0.05) is 6.20 Å². The summed E-state index contributed by atoms with van der Waals surface area (Å²) in [6, 6.07) is 4.39. The minimum atomic E-state index is 0.466. The maximum Gasteiger partial charge on any atom is 0.0800 e. The van der Waals surface area contributed by atoms with Crippen molar-refractivity contribution in [3.63, 3.8) is 0 Å². The van der Waals surface area contributed by atoms with Crippen LogP contribution in [0.25, 0.3) is 0 Å². The zero-order valence-corrected chi connectivity index (χ0v) is 5.62. The van der Waals surface area contributed by atoms with Crippen molar-refractivity contribution in [1.82, 2.24) is 15.5 Å². The average Bonchev–Trinajstić information content (AvgIpc) is 1.86. The summed E-state index contributed by atoms with van der Waals surface area (Å²) in [7, 11) is 0. The van der Waals surface area contributed by atoms with Crippen molar-refractivity contribution in [3.8, 4) is 0 Å². The molecule has 1 aromatic rings. The number of aromatic nitrogens is 2. The van der Waals surface area contributed by atoms with Crippen molar-refractivity contribution in [1.29, 1.82) is 0 Å². The Balaban J connectivity index is 2.18. The third-order valence-electron chi connectivity index (χ3n) is 1.77. The number of hydrogen-bond donors (Lipinski definition) is 1. The molecule has 1 aliphatic rings. The highest BCUT2D eigenvalue weighted by Gasteiger charge is 2.19. The number of rotatable bonds is 1. The highest BCUT2D eigenvalue weighted by atomic mass is 15.1. The highest BCUT2D eigenvalue weighted by Crippen LogP contribution is 2.18. The van der Waals surface area contributed by atoms with Crippen LogP contribution in [0.3, 0.4) is 0 Å². The van der Waals surface area contributed by atoms with Gasteiger partial charge in [-0.15, -0.1) is 0 Å². The Labute approximate surface area is 59.5 Å². The van der Waals surface area contributed by atoms with Crippen molar-refractivity contribution < 1.29 is 0 Å². The molecule has 2 heterocycles. The Morgan fingerprint density at radius 1 is 1.60 bits per heavy atom. The van der Waals surface area contributed by atoms with Gasteiger partial charge >= 0.3 is 0 Å². The van der Waals surface area contributed by atoms with Crippen LogP contribution in [-0.2, 0) is 0 Å². The molecule has 1 aromatic heterocycles. The maximum absolute atomic E-state index is 3.99. The minimum absolute atomic E-state index is 0.466. The van der Waals surface area contributed by atoms with E-state index in [4.69, 9.17) is 0 Å². The van der Waals surface area contributed by atoms with Crippen molar-refractivity contribution in [2.45, 2.75) is 12.5 Å². The Kier molecular flexibility index (Phi) is 1.36. The largest absolute Gasteiger partial charge is 0.308 e. The Morgan fingerprint density at radius 3 is 3.00 bits per heavy atom. The first-order valence-electron chi connectivity index (χ1n) is 3.48. The maximum atomic E-state index is 3.99. The van der Waals surface area contributed by atoms with Crippen LogP contribution in [0.1, 0.15) is 18.2 Å². The summed E-state index contributed by atoms with van der Waals surface area (Å²) in [5, 5.41) is 11.0. The first-order valence-corrected chi connectivity index (χ1v) is 3.48. The van der Waals surface area contributed by atoms with Crippen LogP contribution in [0.15, 0.2) is 18.3 Å². The number of nitrogens with zero attached hydrogens (tertiary/aromatic N) is 2. The molecule has 3 heteroatoms. The van der Waals surface area contributed by atoms with Crippen molar-refractivity contribution in [3.05, 3.63) is 24.0 Å². The van der Waals surface area contributed by atoms with Gasteiger partial charge in [-0.3, -0.25) is 0 Å². The van der Waals surface area contributed by atoms with E-state index in [1.54, 1.807) is 6.20 Å². The molecule has 0 spiro atoms. The van der Waals surface area contributed by atoms with Gasteiger partial charge in [0.2, 0.25) is 0 Å². The molecule has 0 aliphatic carbocycles. The molecule has 1 N–H and O–H groups in total. The van der Waals surface area contributed by atoms with Gasteiger partial charge in [0.05, 0.1) is 11.7 Å². The first-order chi connectivity index (χ1) is 4.97. The van der Waals surface area contributed by atoms with Crippen LogP contribution < -0.4 is 5.32 Å². The molecule has 10 heavy (non-hydrogen) atoms. The zero-order chi connectivity index (χ0) is 6.81. The molecule has 3 nitrogen and oxygen atoms in total. The van der Waals surface area contributed by atoms with Crippen LogP contribution in [0, 0.1) is 0 Å². The molecule has 0 amide bonds. The van der Waals surface area contributed by atoms with Gasteiger partial charge in [0.1, 0.15) is 0 Å². The van der Waals surface area contributed by atoms with Crippen molar-refractivity contribution in [2.75, 3.05) is 6.54 Å². The fourth-order valence-electron chi connectivity index (χ4n) is 1.04. The highest BCUT2D eigenvalue weighted by molar-refractivity contribution is 5.07. The van der Waals surface area contributed by atoms with Gasteiger partial charge in [-0.1, -0.05) is 0 Å². The van der Waals surface area contributed by atoms with E-state index in [-0.39, 0.29) is 0 Å². The normalized spacial score (nSPS) is 23.8. The lowest BCUT2D eigenvalue weighted by atomic mass is 10.0. The summed E-state index contributed by atoms with van der Waals surface area (Å²) in [5.41, 5.74) is 1.06. The molecule has 0 bridgehead atoms. The third kappa shape index (κ3) is 0.885. The second-order valence-electron chi connectivity index (χ2n) is 2.44. The average molecular weight is 135 g/mol. The van der Waals surface area contributed by atoms with E-state index in [9.17, 15) is 0 Å². The van der Waals surface area contributed by atoms with Gasteiger partial charge in [-0.25, -0.2) is 0 Å². The molecule has 1 atom stereocenters. The van der Waals surface area contributed by atoms with Crippen LogP contribution in [0.5, 0.6) is 0 Å². The SMILES string of the molecule is c1cnnc([C@@H]2CCN2)c1. The fourth-order valence-corrected chi connectivity index (χ4v) is 1.04. The topological polar surface area (TPSA) is 37.8 Å². The van der Waals surface area contributed by atoms with Gasteiger partial charge in [0.25, 0.3) is 0 Å². The van der Waals surface area contributed by atoms with Crippen LogP contribution in [-0.4, -0.2) is 16.7 Å². The summed E-state index contributed by atoms with van der Waals surface area (Å²) in [5.74, 6) is 0. The molecule has 1 aliphatic heterocycles. The molecule has 0 unspecified atom stereocenters. The molecule has 2 rings (SSSR count). The lowest BCUT2D eigenvalue weighted by Gasteiger charge is -2.26. The molecule has 52 valence electrons. The van der Waals surface area contributed by atoms with Crippen LogP contribution in [0.4, 0.5) is 0 Å². The standard InChI is InChI=1S/C7H9N3/c1-2-7(10-9-4-1)6-3-5-8-6/h1-2,4,6,8H,3,5H2/t6-/m0/s1. The van der Waals surface area contributed by atoms with E-state index < -0.39 is 0 Å². The van der Waals surface area contributed by atoms with E-state index in [0.717, 1.165) is 12.2 Å². The second kappa shape index (κ2) is 2.34. The van der Waals surface area contributed by atoms with Gasteiger partial charge < -0.3 is 5.32 Å². The molecule has 0 aromatic carbocycles. The summed E-state index contributed by atoms with van der Waals surface area (Å²) in [4.78, 5) is 0. The van der Waals surface area contributed by atoms with Gasteiger partial charge in [-0.05, 0) is 25.1 Å². The van der Waals surface area contributed by atoms with Crippen LogP contribution in [0.2, 0.25) is 0 Å². The fraction of sp³-hybridized carbons (Fsp3) is 0.429. The van der Waals surface area contributed by atoms with Crippen LogP contribution >= 0.6 is 0 Å². The van der Waals surface area contributed by atoms with E-state index in [1.807, 2.05) is 12.1 Å². The summed E-state index contributed by atoms with van der Waals surface area (Å²) < 4.78 is 0. The van der Waals surface area contributed by atoms with Crippen molar-refractivity contribution in [2.24, 2.45) is 0 Å². The monoisotopic (exact) mass is 135 g/mol. The summed E-state index contributed by atoms with van der Waals surface area (Å²) in [6.07, 6.45) is 2.89. The number of nitrogens with one attached hydrogen (secondary N) is 1. The van der Waals surface area contributed by atoms with E-state index in [1.165, 1.54) is 6.42 Å². The Hall–Kier alpha value is -0.960. The predicted octanol–water partition coefficient (Wildman–Crippen LogP) is 0.511. The lowest BCUT2D eigenvalue weighted by molar-refractivity contribution is 0.372. The first kappa shape index (κ1) is 5.80. The van der Waals surface area contributed by atoms with Gasteiger partial charge in [-0.2, -0.15) is 10.2 Å². The molecule has 0 radical (unpaired) electrons. The van der Waals surface area contributed by atoms with Crippen molar-refractivity contribution >= 4 is 0 Å². The lowest BCUT2D eigenvalue weighted by Crippen LogP contribution is -2.35. The predicted molar refractivity (Wildman–Crippen MR) is 37.4 cm³/mol. The summed E-state index contributed by atoms with van der Waals surface area (Å²) in [6.45, 7) is 1.11. The minimum Gasteiger partial charge on any atom is -0.308 e. The summed E-state index contributed by atoms with van der Waals surface area (Å²) >= 11 is 0. The van der Waals surface area contributed by atoms with E-state index >= 15 is 0 Å². The Bertz CT molecular complexity index is 205. The smallest absolute Gasteiger partial charge is 0.0800 e. The second-order valence-corrected chi connectivity index (χ2v) is 2.44. The molecular formula is C7H9N3. The third-order valence-corrected chi connectivity index (χ3v) is 1.77. The quantitative estimate of drug-likeness (QED) is 0.609. The molecule has 1 saturated heterocycles. The van der Waals surface area contributed by atoms with E-state index in [2.05, 4.69) is 15.5 Å².